The summed E-state index contributed by atoms with van der Waals surface area (Å²) in [6.45, 7) is 8.51. The third-order valence-electron chi connectivity index (χ3n) is 5.78. The molecule has 4 heteroatoms. The van der Waals surface area contributed by atoms with Crippen LogP contribution in [0.15, 0.2) is 71.8 Å². The molecule has 4 nitrogen and oxygen atoms in total. The van der Waals surface area contributed by atoms with E-state index in [4.69, 9.17) is 0 Å². The number of nitrogens with zero attached hydrogens (tertiary/aromatic N) is 2. The number of benzene rings is 3. The maximum Gasteiger partial charge on any atom is 0.271 e. The van der Waals surface area contributed by atoms with E-state index in [0.717, 1.165) is 34.1 Å². The molecule has 1 N–H and O–H groups in total. The Bertz CT molecular complexity index is 1300. The molecule has 1 amide bonds. The number of aryl methyl sites for hydroxylation is 3. The number of carbonyl (C=O) groups is 1. The molecule has 156 valence electrons. The van der Waals surface area contributed by atoms with Crippen LogP contribution in [0.2, 0.25) is 0 Å². The molecule has 4 rings (SSSR count). The predicted molar refractivity (Wildman–Crippen MR) is 128 cm³/mol. The van der Waals surface area contributed by atoms with Crippen molar-refractivity contribution in [3.8, 4) is 5.69 Å². The first kappa shape index (κ1) is 20.6. The molecule has 3 aromatic carbocycles. The smallest absolute Gasteiger partial charge is 0.271 e. The minimum absolute atomic E-state index is 0.219. The highest BCUT2D eigenvalue weighted by Gasteiger charge is 2.14. The van der Waals surface area contributed by atoms with E-state index in [1.165, 1.54) is 16.8 Å². The van der Waals surface area contributed by atoms with E-state index in [1.807, 2.05) is 42.5 Å². The van der Waals surface area contributed by atoms with Gasteiger partial charge in [-0.15, -0.1) is 0 Å². The van der Waals surface area contributed by atoms with Gasteiger partial charge in [-0.25, -0.2) is 5.43 Å². The first-order valence-electron chi connectivity index (χ1n) is 10.6. The van der Waals surface area contributed by atoms with E-state index in [2.05, 4.69) is 67.1 Å². The topological polar surface area (TPSA) is 46.4 Å². The van der Waals surface area contributed by atoms with E-state index in [-0.39, 0.29) is 5.91 Å². The van der Waals surface area contributed by atoms with Gasteiger partial charge >= 0.3 is 0 Å². The van der Waals surface area contributed by atoms with Gasteiger partial charge in [0.1, 0.15) is 0 Å². The molecular formula is C27H27N3O. The molecule has 4 aromatic rings. The molecule has 0 spiro atoms. The van der Waals surface area contributed by atoms with Gasteiger partial charge < -0.3 is 4.57 Å². The van der Waals surface area contributed by atoms with Crippen LogP contribution in [-0.2, 0) is 6.42 Å². The van der Waals surface area contributed by atoms with Gasteiger partial charge in [-0.05, 0) is 67.3 Å². The number of aromatic nitrogens is 1. The van der Waals surface area contributed by atoms with Crippen LogP contribution in [-0.4, -0.2) is 16.7 Å². The summed E-state index contributed by atoms with van der Waals surface area (Å²) in [6, 6.07) is 22.2. The van der Waals surface area contributed by atoms with Crippen LogP contribution in [0.25, 0.3) is 16.5 Å². The van der Waals surface area contributed by atoms with Gasteiger partial charge in [-0.1, -0.05) is 55.5 Å². The zero-order valence-electron chi connectivity index (χ0n) is 18.4. The molecule has 1 heterocycles. The van der Waals surface area contributed by atoms with Crippen molar-refractivity contribution in [2.24, 2.45) is 5.10 Å². The molecule has 1 aromatic heterocycles. The zero-order chi connectivity index (χ0) is 22.0. The molecule has 0 saturated carbocycles. The van der Waals surface area contributed by atoms with Gasteiger partial charge in [-0.2, -0.15) is 5.10 Å². The number of hydrogen-bond acceptors (Lipinski definition) is 2. The molecule has 0 atom stereocenters. The highest BCUT2D eigenvalue weighted by atomic mass is 16.2. The average molecular weight is 410 g/mol. The number of para-hydroxylation sites is 1. The van der Waals surface area contributed by atoms with Crippen LogP contribution in [0, 0.1) is 20.8 Å². The van der Waals surface area contributed by atoms with Crippen LogP contribution < -0.4 is 5.43 Å². The maximum atomic E-state index is 12.6. The second-order valence-electron chi connectivity index (χ2n) is 7.86. The average Bonchev–Trinajstić information content (AvgIpc) is 3.06. The minimum atomic E-state index is -0.219. The van der Waals surface area contributed by atoms with Crippen molar-refractivity contribution in [3.05, 3.63) is 100 Å². The van der Waals surface area contributed by atoms with Crippen molar-refractivity contribution in [2.45, 2.75) is 34.1 Å². The maximum absolute atomic E-state index is 12.6. The predicted octanol–water partition coefficient (Wildman–Crippen LogP) is 5.88. The molecule has 31 heavy (non-hydrogen) atoms. The Balaban J connectivity index is 1.57. The highest BCUT2D eigenvalue weighted by molar-refractivity contribution is 5.99. The molecule has 0 fully saturated rings. The lowest BCUT2D eigenvalue weighted by Gasteiger charge is -2.17. The summed E-state index contributed by atoms with van der Waals surface area (Å²) >= 11 is 0. The van der Waals surface area contributed by atoms with Crippen LogP contribution >= 0.6 is 0 Å². The Kier molecular flexibility index (Phi) is 5.72. The fraction of sp³-hybridized carbons (Fsp3) is 0.185. The third kappa shape index (κ3) is 4.02. The quantitative estimate of drug-likeness (QED) is 0.325. The highest BCUT2D eigenvalue weighted by Crippen LogP contribution is 2.26. The summed E-state index contributed by atoms with van der Waals surface area (Å²) in [4.78, 5) is 12.6. The van der Waals surface area contributed by atoms with Crippen molar-refractivity contribution in [1.82, 2.24) is 9.99 Å². The van der Waals surface area contributed by atoms with Crippen LogP contribution in [0.1, 0.15) is 45.4 Å². The van der Waals surface area contributed by atoms with E-state index < -0.39 is 0 Å². The van der Waals surface area contributed by atoms with Gasteiger partial charge in [0.2, 0.25) is 0 Å². The lowest BCUT2D eigenvalue weighted by atomic mass is 10.1. The van der Waals surface area contributed by atoms with Crippen LogP contribution in [0.5, 0.6) is 0 Å². The summed E-state index contributed by atoms with van der Waals surface area (Å²) in [7, 11) is 0. The number of nitrogens with one attached hydrogen (secondary N) is 1. The molecular weight excluding hydrogens is 382 g/mol. The SMILES string of the molecule is CCc1cccc(C)c1-n1c(C)cc(/C=N\NC(=O)c2ccc3ccccc3c2)c1C. The molecule has 0 aliphatic heterocycles. The standard InChI is InChI=1S/C27H27N3O/c1-5-21-12-8-9-18(2)26(21)30-19(3)15-25(20(30)4)17-28-29-27(31)24-14-13-22-10-6-7-11-23(22)16-24/h6-17H,5H2,1-4H3,(H,29,31)/b28-17-. The fourth-order valence-electron chi connectivity index (χ4n) is 4.14. The number of hydrogen-bond donors (Lipinski definition) is 1. The van der Waals surface area contributed by atoms with Crippen molar-refractivity contribution < 1.29 is 4.79 Å². The van der Waals surface area contributed by atoms with Gasteiger partial charge in [0.15, 0.2) is 0 Å². The van der Waals surface area contributed by atoms with E-state index in [1.54, 1.807) is 6.21 Å². The zero-order valence-corrected chi connectivity index (χ0v) is 18.4. The van der Waals surface area contributed by atoms with Gasteiger partial charge in [0, 0.05) is 22.5 Å². The summed E-state index contributed by atoms with van der Waals surface area (Å²) in [5, 5.41) is 6.38. The van der Waals surface area contributed by atoms with Crippen LogP contribution in [0.3, 0.4) is 0 Å². The summed E-state index contributed by atoms with van der Waals surface area (Å²) in [5.41, 5.74) is 10.3. The van der Waals surface area contributed by atoms with Gasteiger partial charge in [-0.3, -0.25) is 4.79 Å². The second kappa shape index (κ2) is 8.60. The summed E-state index contributed by atoms with van der Waals surface area (Å²) < 4.78 is 2.28. The first-order chi connectivity index (χ1) is 15.0. The van der Waals surface area contributed by atoms with Crippen molar-refractivity contribution >= 4 is 22.9 Å². The monoisotopic (exact) mass is 409 g/mol. The molecule has 0 aliphatic carbocycles. The molecule has 0 aliphatic rings. The lowest BCUT2D eigenvalue weighted by molar-refractivity contribution is 0.0955. The molecule has 0 radical (unpaired) electrons. The Morgan fingerprint density at radius 2 is 1.74 bits per heavy atom. The summed E-state index contributed by atoms with van der Waals surface area (Å²) in [5.74, 6) is -0.219. The van der Waals surface area contributed by atoms with Gasteiger partial charge in [0.25, 0.3) is 5.91 Å². The molecule has 0 bridgehead atoms. The first-order valence-corrected chi connectivity index (χ1v) is 10.6. The fourth-order valence-corrected chi connectivity index (χ4v) is 4.14. The number of hydrazone groups is 1. The molecule has 0 saturated heterocycles. The third-order valence-corrected chi connectivity index (χ3v) is 5.78. The van der Waals surface area contributed by atoms with Crippen molar-refractivity contribution in [2.75, 3.05) is 0 Å². The number of carbonyl (C=O) groups excluding carboxylic acids is 1. The van der Waals surface area contributed by atoms with Crippen molar-refractivity contribution in [1.29, 1.82) is 0 Å². The number of fused-ring (bicyclic) bond motifs is 1. The molecule has 0 unspecified atom stereocenters. The number of amides is 1. The lowest BCUT2D eigenvalue weighted by Crippen LogP contribution is -2.17. The normalized spacial score (nSPS) is 11.4. The Morgan fingerprint density at radius 3 is 2.52 bits per heavy atom. The summed E-state index contributed by atoms with van der Waals surface area (Å²) in [6.07, 6.45) is 2.70. The Morgan fingerprint density at radius 1 is 0.968 bits per heavy atom. The minimum Gasteiger partial charge on any atom is -0.317 e. The largest absolute Gasteiger partial charge is 0.317 e. The van der Waals surface area contributed by atoms with Gasteiger partial charge in [0.05, 0.1) is 11.9 Å². The van der Waals surface area contributed by atoms with E-state index >= 15 is 0 Å². The Labute approximate surface area is 183 Å². The van der Waals surface area contributed by atoms with E-state index in [0.29, 0.717) is 5.56 Å². The Hall–Kier alpha value is -3.66. The van der Waals surface area contributed by atoms with E-state index in [9.17, 15) is 4.79 Å². The van der Waals surface area contributed by atoms with Crippen molar-refractivity contribution in [3.63, 3.8) is 0 Å². The van der Waals surface area contributed by atoms with Crippen LogP contribution in [0.4, 0.5) is 0 Å². The number of rotatable bonds is 5. The second-order valence-corrected chi connectivity index (χ2v) is 7.86.